The molecule has 2 rings (SSSR count). The van der Waals surface area contributed by atoms with E-state index < -0.39 is 0 Å². The molecular formula is C13H16N2O3. The van der Waals surface area contributed by atoms with Crippen LogP contribution in [0.3, 0.4) is 0 Å². The second kappa shape index (κ2) is 4.78. The van der Waals surface area contributed by atoms with Gasteiger partial charge in [-0.2, -0.15) is 0 Å². The van der Waals surface area contributed by atoms with E-state index in [9.17, 15) is 9.90 Å². The van der Waals surface area contributed by atoms with E-state index in [-0.39, 0.29) is 35.9 Å². The van der Waals surface area contributed by atoms with Crippen molar-refractivity contribution in [1.29, 1.82) is 0 Å². The molecule has 0 unspecified atom stereocenters. The normalized spacial score (nSPS) is 11.3. The molecule has 0 fully saturated rings. The van der Waals surface area contributed by atoms with Crippen LogP contribution in [0.2, 0.25) is 0 Å². The standard InChI is InChI=1S/C13H16N2O3/c1-8(2)11-9(5-7-16)13(18)15-6-3-4-10(17)12(15)14-11/h3-4,6,8,16-17H,5,7H2,1-2H3. The average Bonchev–Trinajstić information content (AvgIpc) is 2.33. The molecule has 0 aliphatic rings. The van der Waals surface area contributed by atoms with E-state index >= 15 is 0 Å². The highest BCUT2D eigenvalue weighted by Gasteiger charge is 2.16. The largest absolute Gasteiger partial charge is 0.504 e. The molecule has 2 aromatic heterocycles. The quantitative estimate of drug-likeness (QED) is 0.851. The third-order valence-electron chi connectivity index (χ3n) is 2.87. The van der Waals surface area contributed by atoms with Crippen LogP contribution in [-0.4, -0.2) is 26.2 Å². The van der Waals surface area contributed by atoms with Crippen LogP contribution in [0, 0.1) is 0 Å². The van der Waals surface area contributed by atoms with Gasteiger partial charge in [0.05, 0.1) is 5.69 Å². The van der Waals surface area contributed by atoms with Crippen molar-refractivity contribution in [2.45, 2.75) is 26.2 Å². The predicted molar refractivity (Wildman–Crippen MR) is 68.0 cm³/mol. The summed E-state index contributed by atoms with van der Waals surface area (Å²) in [6.45, 7) is 3.76. The molecule has 0 saturated heterocycles. The SMILES string of the molecule is CC(C)c1nc2c(O)cccn2c(=O)c1CCO. The van der Waals surface area contributed by atoms with Gasteiger partial charge in [-0.25, -0.2) is 4.98 Å². The van der Waals surface area contributed by atoms with E-state index in [4.69, 9.17) is 5.11 Å². The highest BCUT2D eigenvalue weighted by atomic mass is 16.3. The van der Waals surface area contributed by atoms with Crippen molar-refractivity contribution >= 4 is 5.65 Å². The molecule has 5 heteroatoms. The van der Waals surface area contributed by atoms with Gasteiger partial charge in [0.25, 0.3) is 5.56 Å². The van der Waals surface area contributed by atoms with Gasteiger partial charge in [0.1, 0.15) is 0 Å². The number of pyridine rings is 1. The summed E-state index contributed by atoms with van der Waals surface area (Å²) in [5, 5.41) is 18.8. The molecule has 96 valence electrons. The molecule has 0 amide bonds. The summed E-state index contributed by atoms with van der Waals surface area (Å²) in [6, 6.07) is 3.08. The van der Waals surface area contributed by atoms with Gasteiger partial charge in [-0.05, 0) is 18.1 Å². The molecule has 18 heavy (non-hydrogen) atoms. The monoisotopic (exact) mass is 248 g/mol. The number of aliphatic hydroxyl groups is 1. The number of aromatic nitrogens is 2. The maximum atomic E-state index is 12.3. The van der Waals surface area contributed by atoms with Crippen molar-refractivity contribution < 1.29 is 10.2 Å². The third kappa shape index (κ3) is 1.97. The van der Waals surface area contributed by atoms with Gasteiger partial charge in [0.15, 0.2) is 11.4 Å². The van der Waals surface area contributed by atoms with Gasteiger partial charge in [-0.1, -0.05) is 13.8 Å². The Bertz CT molecular complexity index is 632. The lowest BCUT2D eigenvalue weighted by Gasteiger charge is -2.13. The third-order valence-corrected chi connectivity index (χ3v) is 2.87. The van der Waals surface area contributed by atoms with Gasteiger partial charge < -0.3 is 10.2 Å². The first-order chi connectivity index (χ1) is 8.56. The molecule has 0 radical (unpaired) electrons. The first kappa shape index (κ1) is 12.6. The Morgan fingerprint density at radius 3 is 2.78 bits per heavy atom. The topological polar surface area (TPSA) is 74.8 Å². The minimum absolute atomic E-state index is 0.0213. The average molecular weight is 248 g/mol. The maximum Gasteiger partial charge on any atom is 0.261 e. The summed E-state index contributed by atoms with van der Waals surface area (Å²) in [7, 11) is 0. The molecule has 5 nitrogen and oxygen atoms in total. The van der Waals surface area contributed by atoms with E-state index in [0.717, 1.165) is 0 Å². The number of aliphatic hydroxyl groups excluding tert-OH is 1. The maximum absolute atomic E-state index is 12.3. The number of hydrogen-bond acceptors (Lipinski definition) is 4. The Morgan fingerprint density at radius 2 is 2.17 bits per heavy atom. The number of nitrogens with zero attached hydrogens (tertiary/aromatic N) is 2. The number of hydrogen-bond donors (Lipinski definition) is 2. The van der Waals surface area contributed by atoms with Crippen LogP contribution in [-0.2, 0) is 6.42 Å². The van der Waals surface area contributed by atoms with Gasteiger partial charge in [-0.3, -0.25) is 9.20 Å². The lowest BCUT2D eigenvalue weighted by molar-refractivity contribution is 0.298. The fraction of sp³-hybridized carbons (Fsp3) is 0.385. The highest BCUT2D eigenvalue weighted by Crippen LogP contribution is 2.20. The predicted octanol–water partition coefficient (Wildman–Crippen LogP) is 1.06. The summed E-state index contributed by atoms with van der Waals surface area (Å²) >= 11 is 0. The lowest BCUT2D eigenvalue weighted by atomic mass is 10.0. The van der Waals surface area contributed by atoms with Gasteiger partial charge in [0.2, 0.25) is 0 Å². The Hall–Kier alpha value is -1.88. The Balaban J connectivity index is 2.86. The van der Waals surface area contributed by atoms with Gasteiger partial charge in [-0.15, -0.1) is 0 Å². The summed E-state index contributed by atoms with van der Waals surface area (Å²) in [4.78, 5) is 16.7. The Labute approximate surface area is 104 Å². The summed E-state index contributed by atoms with van der Waals surface area (Å²) in [5.41, 5.74) is 1.17. The molecule has 0 saturated carbocycles. The zero-order valence-corrected chi connectivity index (χ0v) is 10.4. The van der Waals surface area contributed by atoms with Crippen LogP contribution in [0.5, 0.6) is 5.75 Å². The van der Waals surface area contributed by atoms with Crippen molar-refractivity contribution in [2.75, 3.05) is 6.61 Å². The Kier molecular flexibility index (Phi) is 3.34. The first-order valence-electron chi connectivity index (χ1n) is 5.90. The van der Waals surface area contributed by atoms with Gasteiger partial charge in [0, 0.05) is 24.8 Å². The Morgan fingerprint density at radius 1 is 1.44 bits per heavy atom. The van der Waals surface area contributed by atoms with Crippen molar-refractivity contribution in [1.82, 2.24) is 9.38 Å². The minimum atomic E-state index is -0.228. The fourth-order valence-corrected chi connectivity index (χ4v) is 2.02. The number of rotatable bonds is 3. The molecule has 0 aliphatic heterocycles. The summed E-state index contributed by atoms with van der Waals surface area (Å²) in [6.07, 6.45) is 1.84. The van der Waals surface area contributed by atoms with Gasteiger partial charge >= 0.3 is 0 Å². The van der Waals surface area contributed by atoms with E-state index in [1.807, 2.05) is 13.8 Å². The molecule has 2 N–H and O–H groups in total. The smallest absolute Gasteiger partial charge is 0.261 e. The zero-order chi connectivity index (χ0) is 13.3. The lowest BCUT2D eigenvalue weighted by Crippen LogP contribution is -2.24. The second-order valence-corrected chi connectivity index (χ2v) is 4.50. The van der Waals surface area contributed by atoms with Crippen LogP contribution >= 0.6 is 0 Å². The van der Waals surface area contributed by atoms with E-state index in [0.29, 0.717) is 11.3 Å². The minimum Gasteiger partial charge on any atom is -0.504 e. The van der Waals surface area contributed by atoms with E-state index in [1.165, 1.54) is 10.5 Å². The van der Waals surface area contributed by atoms with Crippen LogP contribution in [0.25, 0.3) is 5.65 Å². The van der Waals surface area contributed by atoms with Crippen LogP contribution in [0.4, 0.5) is 0 Å². The molecule has 0 spiro atoms. The number of fused-ring (bicyclic) bond motifs is 1. The molecule has 0 bridgehead atoms. The van der Waals surface area contributed by atoms with Crippen LogP contribution in [0.1, 0.15) is 31.0 Å². The van der Waals surface area contributed by atoms with Crippen molar-refractivity contribution in [2.24, 2.45) is 0 Å². The molecule has 2 aromatic rings. The molecule has 0 atom stereocenters. The highest BCUT2D eigenvalue weighted by molar-refractivity contribution is 5.53. The van der Waals surface area contributed by atoms with Crippen molar-refractivity contribution in [3.8, 4) is 5.75 Å². The molecule has 0 aliphatic carbocycles. The van der Waals surface area contributed by atoms with Crippen LogP contribution < -0.4 is 5.56 Å². The zero-order valence-electron chi connectivity index (χ0n) is 10.4. The van der Waals surface area contributed by atoms with Crippen LogP contribution in [0.15, 0.2) is 23.1 Å². The summed E-state index contributed by atoms with van der Waals surface area (Å²) < 4.78 is 1.31. The number of aromatic hydroxyl groups is 1. The molecular weight excluding hydrogens is 232 g/mol. The van der Waals surface area contributed by atoms with E-state index in [1.54, 1.807) is 12.3 Å². The first-order valence-corrected chi connectivity index (χ1v) is 5.90. The second-order valence-electron chi connectivity index (χ2n) is 4.50. The molecule has 2 heterocycles. The van der Waals surface area contributed by atoms with Crippen molar-refractivity contribution in [3.05, 3.63) is 39.9 Å². The van der Waals surface area contributed by atoms with E-state index in [2.05, 4.69) is 4.98 Å². The molecule has 0 aromatic carbocycles. The summed E-state index contributed by atoms with van der Waals surface area (Å²) in [5.74, 6) is 0.0379. The van der Waals surface area contributed by atoms with Crippen molar-refractivity contribution in [3.63, 3.8) is 0 Å². The fourth-order valence-electron chi connectivity index (χ4n) is 2.02.